The number of guanidine groups is 1. The normalized spacial score (nSPS) is 17.9. The van der Waals surface area contributed by atoms with Crippen LogP contribution < -0.4 is 15.4 Å². The second-order valence-electron chi connectivity index (χ2n) is 7.72. The molecule has 0 aromatic heterocycles. The highest BCUT2D eigenvalue weighted by Gasteiger charge is 2.21. The zero-order valence-electron chi connectivity index (χ0n) is 18.3. The minimum absolute atomic E-state index is 0. The minimum Gasteiger partial charge on any atom is -0.494 e. The summed E-state index contributed by atoms with van der Waals surface area (Å²) in [6.07, 6.45) is 2.58. The number of nitrogens with zero attached hydrogens (tertiary/aromatic N) is 2. The summed E-state index contributed by atoms with van der Waals surface area (Å²) in [5.41, 5.74) is 2.34. The van der Waals surface area contributed by atoms with Crippen molar-refractivity contribution in [1.29, 1.82) is 0 Å². The molecule has 0 bridgehead atoms. The topological polar surface area (TPSA) is 48.9 Å². The summed E-state index contributed by atoms with van der Waals surface area (Å²) < 4.78 is 5.78. The number of aliphatic imine (C=N–C) groups is 1. The van der Waals surface area contributed by atoms with Gasteiger partial charge in [0.1, 0.15) is 5.75 Å². The summed E-state index contributed by atoms with van der Waals surface area (Å²) in [4.78, 5) is 7.38. The lowest BCUT2D eigenvalue weighted by atomic mass is 9.97. The highest BCUT2D eigenvalue weighted by molar-refractivity contribution is 14.0. The first-order chi connectivity index (χ1) is 13.0. The fourth-order valence-electron chi connectivity index (χ4n) is 3.56. The number of nitrogens with one attached hydrogen (secondary N) is 2. The Morgan fingerprint density at radius 1 is 1.29 bits per heavy atom. The first kappa shape index (κ1) is 25.0. The van der Waals surface area contributed by atoms with Crippen molar-refractivity contribution in [3.05, 3.63) is 29.3 Å². The molecule has 1 atom stereocenters. The molecule has 0 spiro atoms. The van der Waals surface area contributed by atoms with Gasteiger partial charge in [0.2, 0.25) is 0 Å². The highest BCUT2D eigenvalue weighted by Crippen LogP contribution is 2.21. The molecule has 1 aromatic carbocycles. The quantitative estimate of drug-likeness (QED) is 0.318. The van der Waals surface area contributed by atoms with E-state index in [0.29, 0.717) is 25.1 Å². The molecule has 1 heterocycles. The number of rotatable bonds is 8. The van der Waals surface area contributed by atoms with E-state index in [-0.39, 0.29) is 24.0 Å². The van der Waals surface area contributed by atoms with Crippen molar-refractivity contribution < 1.29 is 4.74 Å². The van der Waals surface area contributed by atoms with Crippen molar-refractivity contribution in [2.45, 2.75) is 60.0 Å². The third-order valence-corrected chi connectivity index (χ3v) is 5.11. The molecule has 1 unspecified atom stereocenters. The van der Waals surface area contributed by atoms with Gasteiger partial charge in [-0.15, -0.1) is 24.0 Å². The molecule has 0 saturated carbocycles. The zero-order valence-corrected chi connectivity index (χ0v) is 20.6. The van der Waals surface area contributed by atoms with Crippen molar-refractivity contribution in [2.24, 2.45) is 10.9 Å². The summed E-state index contributed by atoms with van der Waals surface area (Å²) in [6.45, 7) is 16.3. The number of ether oxygens (including phenoxy) is 1. The number of benzene rings is 1. The molecule has 5 nitrogen and oxygen atoms in total. The van der Waals surface area contributed by atoms with Crippen molar-refractivity contribution in [2.75, 3.05) is 32.8 Å². The van der Waals surface area contributed by atoms with E-state index < -0.39 is 0 Å². The zero-order chi connectivity index (χ0) is 19.6. The summed E-state index contributed by atoms with van der Waals surface area (Å²) in [5, 5.41) is 6.93. The van der Waals surface area contributed by atoms with Gasteiger partial charge in [0.05, 0.1) is 13.2 Å². The number of likely N-dealkylation sites (tertiary alicyclic amines) is 1. The Morgan fingerprint density at radius 3 is 2.75 bits per heavy atom. The van der Waals surface area contributed by atoms with Gasteiger partial charge in [-0.3, -0.25) is 0 Å². The molecule has 0 amide bonds. The van der Waals surface area contributed by atoms with E-state index in [9.17, 15) is 0 Å². The fraction of sp³-hybridized carbons (Fsp3) is 0.682. The Kier molecular flexibility index (Phi) is 11.8. The van der Waals surface area contributed by atoms with Crippen molar-refractivity contribution in [3.63, 3.8) is 0 Å². The lowest BCUT2D eigenvalue weighted by Gasteiger charge is -2.35. The lowest BCUT2D eigenvalue weighted by Crippen LogP contribution is -2.46. The highest BCUT2D eigenvalue weighted by atomic mass is 127. The standard InChI is InChI=1S/C22H38N4O.HI/c1-6-23-22(24-14-19-9-8-12-26(16-19)17(3)4)25-15-20-11-10-18(5)13-21(20)27-7-2;/h10-11,13,17,19H,6-9,12,14-16H2,1-5H3,(H2,23,24,25);1H. The van der Waals surface area contributed by atoms with Crippen LogP contribution in [0.2, 0.25) is 0 Å². The Hall–Kier alpha value is -1.02. The Labute approximate surface area is 188 Å². The molecular formula is C22H39IN4O. The molecule has 1 saturated heterocycles. The molecule has 0 aliphatic carbocycles. The average Bonchev–Trinajstić information content (AvgIpc) is 2.65. The van der Waals surface area contributed by atoms with E-state index in [0.717, 1.165) is 30.4 Å². The number of aryl methyl sites for hydroxylation is 1. The van der Waals surface area contributed by atoms with Crippen LogP contribution in [0.3, 0.4) is 0 Å². The van der Waals surface area contributed by atoms with E-state index in [1.807, 2.05) is 6.92 Å². The molecule has 1 aliphatic heterocycles. The van der Waals surface area contributed by atoms with Gasteiger partial charge in [0, 0.05) is 31.2 Å². The van der Waals surface area contributed by atoms with Crippen LogP contribution in [0.4, 0.5) is 0 Å². The van der Waals surface area contributed by atoms with E-state index in [1.165, 1.54) is 31.5 Å². The third kappa shape index (κ3) is 8.15. The van der Waals surface area contributed by atoms with Crippen LogP contribution in [0, 0.1) is 12.8 Å². The number of hydrogen-bond acceptors (Lipinski definition) is 3. The van der Waals surface area contributed by atoms with Gasteiger partial charge in [-0.1, -0.05) is 12.1 Å². The molecule has 2 rings (SSSR count). The molecule has 1 aliphatic rings. The third-order valence-electron chi connectivity index (χ3n) is 5.11. The van der Waals surface area contributed by atoms with E-state index in [1.54, 1.807) is 0 Å². The Morgan fingerprint density at radius 2 is 2.07 bits per heavy atom. The van der Waals surface area contributed by atoms with Gasteiger partial charge in [-0.05, 0) is 71.6 Å². The van der Waals surface area contributed by atoms with Crippen LogP contribution in [0.25, 0.3) is 0 Å². The fourth-order valence-corrected chi connectivity index (χ4v) is 3.56. The summed E-state index contributed by atoms with van der Waals surface area (Å²) in [7, 11) is 0. The largest absolute Gasteiger partial charge is 0.494 e. The molecule has 1 fully saturated rings. The van der Waals surface area contributed by atoms with Gasteiger partial charge in [-0.25, -0.2) is 4.99 Å². The van der Waals surface area contributed by atoms with Crippen molar-refractivity contribution >= 4 is 29.9 Å². The number of hydrogen-bond donors (Lipinski definition) is 2. The maximum atomic E-state index is 5.78. The first-order valence-electron chi connectivity index (χ1n) is 10.5. The van der Waals surface area contributed by atoms with Crippen LogP contribution in [0.5, 0.6) is 5.75 Å². The van der Waals surface area contributed by atoms with Crippen molar-refractivity contribution in [3.8, 4) is 5.75 Å². The molecule has 2 N–H and O–H groups in total. The maximum absolute atomic E-state index is 5.78. The lowest BCUT2D eigenvalue weighted by molar-refractivity contribution is 0.141. The Bertz CT molecular complexity index is 606. The van der Waals surface area contributed by atoms with Gasteiger partial charge in [0.25, 0.3) is 0 Å². The van der Waals surface area contributed by atoms with E-state index >= 15 is 0 Å². The van der Waals surface area contributed by atoms with Crippen LogP contribution in [-0.2, 0) is 6.54 Å². The smallest absolute Gasteiger partial charge is 0.191 e. The van der Waals surface area contributed by atoms with Gasteiger partial charge >= 0.3 is 0 Å². The predicted octanol–water partition coefficient (Wildman–Crippen LogP) is 4.19. The minimum atomic E-state index is 0. The van der Waals surface area contributed by atoms with Crippen molar-refractivity contribution in [1.82, 2.24) is 15.5 Å². The first-order valence-corrected chi connectivity index (χ1v) is 10.5. The SMILES string of the molecule is CCNC(=NCc1ccc(C)cc1OCC)NCC1CCCN(C(C)C)C1.I. The average molecular weight is 502 g/mol. The summed E-state index contributed by atoms with van der Waals surface area (Å²) >= 11 is 0. The molecule has 6 heteroatoms. The van der Waals surface area contributed by atoms with E-state index in [2.05, 4.69) is 61.4 Å². The monoisotopic (exact) mass is 502 g/mol. The molecule has 1 aromatic rings. The van der Waals surface area contributed by atoms with Crippen LogP contribution in [-0.4, -0.2) is 49.7 Å². The van der Waals surface area contributed by atoms with Crippen LogP contribution in [0.15, 0.2) is 23.2 Å². The van der Waals surface area contributed by atoms with E-state index in [4.69, 9.17) is 9.73 Å². The molecule has 160 valence electrons. The van der Waals surface area contributed by atoms with Gasteiger partial charge in [0.15, 0.2) is 5.96 Å². The second kappa shape index (κ2) is 13.2. The molecule has 28 heavy (non-hydrogen) atoms. The van der Waals surface area contributed by atoms with Crippen LogP contribution in [0.1, 0.15) is 51.7 Å². The Balaban J connectivity index is 0.00000392. The predicted molar refractivity (Wildman–Crippen MR) is 130 cm³/mol. The van der Waals surface area contributed by atoms with Gasteiger partial charge in [-0.2, -0.15) is 0 Å². The second-order valence-corrected chi connectivity index (χ2v) is 7.72. The number of piperidine rings is 1. The summed E-state index contributed by atoms with van der Waals surface area (Å²) in [6, 6.07) is 6.97. The maximum Gasteiger partial charge on any atom is 0.191 e. The van der Waals surface area contributed by atoms with Crippen LogP contribution >= 0.6 is 24.0 Å². The van der Waals surface area contributed by atoms with Gasteiger partial charge < -0.3 is 20.3 Å². The number of halogens is 1. The molecule has 0 radical (unpaired) electrons. The molecular weight excluding hydrogens is 463 g/mol. The summed E-state index contributed by atoms with van der Waals surface area (Å²) in [5.74, 6) is 2.52.